The highest BCUT2D eigenvalue weighted by Gasteiger charge is 2.63. The summed E-state index contributed by atoms with van der Waals surface area (Å²) in [5.41, 5.74) is 0.616. The minimum absolute atomic E-state index is 0.0226. The van der Waals surface area contributed by atoms with Gasteiger partial charge in [-0.1, -0.05) is 20.8 Å². The third-order valence-electron chi connectivity index (χ3n) is 4.06. The van der Waals surface area contributed by atoms with Gasteiger partial charge in [0.05, 0.1) is 12.1 Å². The Morgan fingerprint density at radius 2 is 1.86 bits per heavy atom. The highest BCUT2D eigenvalue weighted by atomic mass is 16.5. The lowest BCUT2D eigenvalue weighted by atomic mass is 9.76. The molecule has 2 atom stereocenters. The van der Waals surface area contributed by atoms with E-state index in [9.17, 15) is 0 Å². The maximum absolute atomic E-state index is 6.02. The highest BCUT2D eigenvalue weighted by Crippen LogP contribution is 2.48. The molecule has 82 valence electrons. The van der Waals surface area contributed by atoms with Gasteiger partial charge in [-0.2, -0.15) is 0 Å². The van der Waals surface area contributed by atoms with Crippen LogP contribution in [0.5, 0.6) is 0 Å². The number of ether oxygens (including phenoxy) is 1. The fourth-order valence-corrected chi connectivity index (χ4v) is 2.52. The fourth-order valence-electron chi connectivity index (χ4n) is 2.52. The van der Waals surface area contributed by atoms with Crippen molar-refractivity contribution in [3.8, 4) is 0 Å². The van der Waals surface area contributed by atoms with Crippen LogP contribution in [0.25, 0.3) is 0 Å². The van der Waals surface area contributed by atoms with Gasteiger partial charge in [0.15, 0.2) is 0 Å². The van der Waals surface area contributed by atoms with Gasteiger partial charge in [-0.3, -0.25) is 5.32 Å². The average Bonchev–Trinajstić information content (AvgIpc) is 2.51. The standard InChI is InChI=1S/C12H23NO/c1-10(2,3)9-6-7-12(14-8-9)11(4,5)13-12/h9,13H,6-8H2,1-5H3. The molecule has 2 fully saturated rings. The third-order valence-corrected chi connectivity index (χ3v) is 4.06. The van der Waals surface area contributed by atoms with Gasteiger partial charge in [0.25, 0.3) is 0 Å². The van der Waals surface area contributed by atoms with Gasteiger partial charge in [0, 0.05) is 0 Å². The second-order valence-corrected chi connectivity index (χ2v) is 6.49. The molecule has 0 aromatic carbocycles. The lowest BCUT2D eigenvalue weighted by Crippen LogP contribution is -2.38. The van der Waals surface area contributed by atoms with Crippen molar-refractivity contribution in [3.63, 3.8) is 0 Å². The summed E-state index contributed by atoms with van der Waals surface area (Å²) in [4.78, 5) is 0. The van der Waals surface area contributed by atoms with Gasteiger partial charge in [-0.05, 0) is 38.0 Å². The molecule has 0 bridgehead atoms. The van der Waals surface area contributed by atoms with E-state index in [-0.39, 0.29) is 11.3 Å². The Labute approximate surface area is 87.4 Å². The molecule has 0 amide bonds. The molecule has 2 aliphatic heterocycles. The summed E-state index contributed by atoms with van der Waals surface area (Å²) in [6.07, 6.45) is 2.46. The van der Waals surface area contributed by atoms with E-state index in [4.69, 9.17) is 4.74 Å². The Kier molecular flexibility index (Phi) is 2.04. The van der Waals surface area contributed by atoms with Crippen molar-refractivity contribution in [2.24, 2.45) is 11.3 Å². The van der Waals surface area contributed by atoms with Crippen LogP contribution in [0.1, 0.15) is 47.5 Å². The second kappa shape index (κ2) is 2.73. The van der Waals surface area contributed by atoms with Crippen LogP contribution in [-0.2, 0) is 4.74 Å². The Bertz CT molecular complexity index is 231. The van der Waals surface area contributed by atoms with E-state index in [1.54, 1.807) is 0 Å². The molecular formula is C12H23NO. The van der Waals surface area contributed by atoms with Crippen molar-refractivity contribution in [2.45, 2.75) is 58.7 Å². The molecule has 0 saturated carbocycles. The lowest BCUT2D eigenvalue weighted by Gasteiger charge is -2.37. The van der Waals surface area contributed by atoms with Crippen LogP contribution in [0, 0.1) is 11.3 Å². The number of hydrogen-bond donors (Lipinski definition) is 1. The first kappa shape index (κ1) is 10.4. The van der Waals surface area contributed by atoms with E-state index in [1.165, 1.54) is 12.8 Å². The van der Waals surface area contributed by atoms with Gasteiger partial charge in [0.2, 0.25) is 0 Å². The predicted molar refractivity (Wildman–Crippen MR) is 58.1 cm³/mol. The van der Waals surface area contributed by atoms with Crippen molar-refractivity contribution < 1.29 is 4.74 Å². The largest absolute Gasteiger partial charge is 0.358 e. The SMILES string of the molecule is CC(C)(C)C1CCC2(NC2(C)C)OC1. The molecule has 2 aliphatic rings. The monoisotopic (exact) mass is 197 g/mol. The van der Waals surface area contributed by atoms with Crippen LogP contribution in [0.4, 0.5) is 0 Å². The predicted octanol–water partition coefficient (Wildman–Crippen LogP) is 2.54. The Hall–Kier alpha value is -0.0800. The molecule has 2 nitrogen and oxygen atoms in total. The molecular weight excluding hydrogens is 174 g/mol. The van der Waals surface area contributed by atoms with Crippen molar-refractivity contribution in [3.05, 3.63) is 0 Å². The van der Waals surface area contributed by atoms with Crippen LogP contribution >= 0.6 is 0 Å². The maximum atomic E-state index is 6.02. The minimum atomic E-state index is 0.0226. The van der Waals surface area contributed by atoms with E-state index in [1.807, 2.05) is 0 Å². The Balaban J connectivity index is 1.95. The summed E-state index contributed by atoms with van der Waals surface area (Å²) in [6, 6.07) is 0. The topological polar surface area (TPSA) is 31.2 Å². The van der Waals surface area contributed by atoms with E-state index in [2.05, 4.69) is 39.9 Å². The van der Waals surface area contributed by atoms with E-state index < -0.39 is 0 Å². The quantitative estimate of drug-likeness (QED) is 0.605. The van der Waals surface area contributed by atoms with Crippen LogP contribution in [0.3, 0.4) is 0 Å². The zero-order valence-electron chi connectivity index (χ0n) is 10.1. The molecule has 14 heavy (non-hydrogen) atoms. The zero-order valence-corrected chi connectivity index (χ0v) is 10.1. The molecule has 2 heterocycles. The third kappa shape index (κ3) is 1.49. The summed E-state index contributed by atoms with van der Waals surface area (Å²) in [6.45, 7) is 12.3. The molecule has 2 unspecified atom stereocenters. The highest BCUT2D eigenvalue weighted by molar-refractivity contribution is 5.17. The van der Waals surface area contributed by atoms with Gasteiger partial charge < -0.3 is 4.74 Å². The van der Waals surface area contributed by atoms with Gasteiger partial charge >= 0.3 is 0 Å². The second-order valence-electron chi connectivity index (χ2n) is 6.49. The molecule has 2 rings (SSSR count). The first-order valence-electron chi connectivity index (χ1n) is 5.70. The summed E-state index contributed by atoms with van der Waals surface area (Å²) in [7, 11) is 0. The molecule has 2 heteroatoms. The molecule has 1 N–H and O–H groups in total. The van der Waals surface area contributed by atoms with E-state index in [0.717, 1.165) is 6.61 Å². The summed E-state index contributed by atoms with van der Waals surface area (Å²) in [5, 5.41) is 3.47. The zero-order chi connectivity index (χ0) is 10.6. The molecule has 0 radical (unpaired) electrons. The maximum Gasteiger partial charge on any atom is 0.137 e. The van der Waals surface area contributed by atoms with Crippen LogP contribution in [-0.4, -0.2) is 17.9 Å². The van der Waals surface area contributed by atoms with Crippen molar-refractivity contribution in [1.82, 2.24) is 5.32 Å². The average molecular weight is 197 g/mol. The molecule has 0 aromatic rings. The normalized spacial score (nSPS) is 41.4. The van der Waals surface area contributed by atoms with Crippen LogP contribution < -0.4 is 5.32 Å². The fraction of sp³-hybridized carbons (Fsp3) is 1.00. The number of hydrogen-bond acceptors (Lipinski definition) is 2. The van der Waals surface area contributed by atoms with Crippen molar-refractivity contribution >= 4 is 0 Å². The van der Waals surface area contributed by atoms with Crippen molar-refractivity contribution in [2.75, 3.05) is 6.61 Å². The summed E-state index contributed by atoms with van der Waals surface area (Å²) < 4.78 is 6.02. The first-order valence-corrected chi connectivity index (χ1v) is 5.70. The van der Waals surface area contributed by atoms with Crippen LogP contribution in [0.15, 0.2) is 0 Å². The summed E-state index contributed by atoms with van der Waals surface area (Å²) >= 11 is 0. The molecule has 0 aromatic heterocycles. The van der Waals surface area contributed by atoms with Gasteiger partial charge in [0.1, 0.15) is 5.72 Å². The number of nitrogens with one attached hydrogen (secondary N) is 1. The lowest BCUT2D eigenvalue weighted by molar-refractivity contribution is -0.0745. The molecule has 1 spiro atoms. The smallest absolute Gasteiger partial charge is 0.137 e. The van der Waals surface area contributed by atoms with Gasteiger partial charge in [-0.15, -0.1) is 0 Å². The molecule has 2 saturated heterocycles. The van der Waals surface area contributed by atoms with Crippen molar-refractivity contribution in [1.29, 1.82) is 0 Å². The summed E-state index contributed by atoms with van der Waals surface area (Å²) in [5.74, 6) is 0.714. The Morgan fingerprint density at radius 1 is 1.29 bits per heavy atom. The molecule has 0 aliphatic carbocycles. The Morgan fingerprint density at radius 3 is 2.14 bits per heavy atom. The van der Waals surface area contributed by atoms with Crippen LogP contribution in [0.2, 0.25) is 0 Å². The van der Waals surface area contributed by atoms with E-state index in [0.29, 0.717) is 11.3 Å². The number of rotatable bonds is 0. The minimum Gasteiger partial charge on any atom is -0.358 e. The van der Waals surface area contributed by atoms with E-state index >= 15 is 0 Å². The van der Waals surface area contributed by atoms with Gasteiger partial charge in [-0.25, -0.2) is 0 Å². The first-order chi connectivity index (χ1) is 6.27.